The van der Waals surface area contributed by atoms with E-state index in [2.05, 4.69) is 10.0 Å². The first kappa shape index (κ1) is 17.8. The lowest BCUT2D eigenvalue weighted by Gasteiger charge is -2.14. The van der Waals surface area contributed by atoms with Gasteiger partial charge in [-0.15, -0.1) is 0 Å². The Morgan fingerprint density at radius 2 is 1.88 bits per heavy atom. The summed E-state index contributed by atoms with van der Waals surface area (Å²) in [5.41, 5.74) is 2.58. The predicted octanol–water partition coefficient (Wildman–Crippen LogP) is 3.65. The number of sulfonamides is 1. The van der Waals surface area contributed by atoms with Crippen molar-refractivity contribution in [2.75, 3.05) is 4.72 Å². The van der Waals surface area contributed by atoms with Crippen LogP contribution in [0.2, 0.25) is 5.02 Å². The van der Waals surface area contributed by atoms with Crippen molar-refractivity contribution in [2.45, 2.75) is 37.6 Å². The first-order chi connectivity index (χ1) is 11.8. The van der Waals surface area contributed by atoms with Crippen LogP contribution in [0.1, 0.15) is 34.3 Å². The summed E-state index contributed by atoms with van der Waals surface area (Å²) < 4.78 is 28.1. The first-order valence-corrected chi connectivity index (χ1v) is 9.83. The van der Waals surface area contributed by atoms with Crippen molar-refractivity contribution in [2.24, 2.45) is 0 Å². The second-order valence-electron chi connectivity index (χ2n) is 6.25. The van der Waals surface area contributed by atoms with E-state index < -0.39 is 10.0 Å². The van der Waals surface area contributed by atoms with Crippen LogP contribution in [-0.4, -0.2) is 20.4 Å². The molecule has 0 unspecified atom stereocenters. The van der Waals surface area contributed by atoms with Gasteiger partial charge in [0.15, 0.2) is 0 Å². The van der Waals surface area contributed by atoms with Crippen LogP contribution in [0.4, 0.5) is 5.69 Å². The van der Waals surface area contributed by atoms with Gasteiger partial charge in [-0.3, -0.25) is 9.52 Å². The minimum absolute atomic E-state index is 0.0702. The van der Waals surface area contributed by atoms with Crippen LogP contribution in [0, 0.1) is 13.8 Å². The van der Waals surface area contributed by atoms with Gasteiger partial charge in [-0.2, -0.15) is 0 Å². The van der Waals surface area contributed by atoms with Crippen molar-refractivity contribution >= 4 is 33.2 Å². The Kier molecular flexibility index (Phi) is 4.75. The van der Waals surface area contributed by atoms with E-state index in [-0.39, 0.29) is 27.4 Å². The number of hydrogen-bond acceptors (Lipinski definition) is 3. The molecule has 5 nitrogen and oxygen atoms in total. The van der Waals surface area contributed by atoms with Crippen molar-refractivity contribution in [3.63, 3.8) is 0 Å². The molecule has 2 aromatic rings. The van der Waals surface area contributed by atoms with E-state index in [4.69, 9.17) is 11.6 Å². The smallest absolute Gasteiger partial charge is 0.263 e. The summed E-state index contributed by atoms with van der Waals surface area (Å²) in [4.78, 5) is 12.1. The van der Waals surface area contributed by atoms with Gasteiger partial charge in [0.25, 0.3) is 15.9 Å². The van der Waals surface area contributed by atoms with Crippen LogP contribution in [0.25, 0.3) is 0 Å². The van der Waals surface area contributed by atoms with Crippen LogP contribution in [0.15, 0.2) is 41.3 Å². The van der Waals surface area contributed by atoms with Gasteiger partial charge < -0.3 is 5.32 Å². The maximum Gasteiger partial charge on any atom is 0.263 e. The molecule has 0 atom stereocenters. The number of anilines is 1. The number of amides is 1. The van der Waals surface area contributed by atoms with Crippen molar-refractivity contribution in [1.82, 2.24) is 5.32 Å². The number of halogens is 1. The fourth-order valence-corrected chi connectivity index (χ4v) is 4.06. The molecule has 1 aliphatic rings. The van der Waals surface area contributed by atoms with Gasteiger partial charge in [-0.1, -0.05) is 23.7 Å². The molecule has 0 saturated heterocycles. The highest BCUT2D eigenvalue weighted by atomic mass is 35.5. The summed E-state index contributed by atoms with van der Waals surface area (Å²) >= 11 is 6.09. The molecular formula is C18H19ClN2O3S. The Bertz CT molecular complexity index is 937. The molecule has 0 spiro atoms. The fraction of sp³-hybridized carbons (Fsp3) is 0.278. The second-order valence-corrected chi connectivity index (χ2v) is 8.30. The molecule has 0 bridgehead atoms. The molecule has 2 aromatic carbocycles. The second kappa shape index (κ2) is 6.69. The maximum absolute atomic E-state index is 12.8. The van der Waals surface area contributed by atoms with E-state index in [1.165, 1.54) is 18.2 Å². The van der Waals surface area contributed by atoms with Crippen molar-refractivity contribution in [3.05, 3.63) is 58.1 Å². The fourth-order valence-electron chi connectivity index (χ4n) is 2.41. The van der Waals surface area contributed by atoms with Gasteiger partial charge in [0.2, 0.25) is 0 Å². The molecule has 1 amide bonds. The van der Waals surface area contributed by atoms with E-state index in [1.807, 2.05) is 19.9 Å². The number of aryl methyl sites for hydroxylation is 1. The lowest BCUT2D eigenvalue weighted by atomic mass is 10.1. The van der Waals surface area contributed by atoms with Crippen LogP contribution < -0.4 is 10.0 Å². The molecule has 0 radical (unpaired) electrons. The molecule has 1 fully saturated rings. The highest BCUT2D eigenvalue weighted by Crippen LogP contribution is 2.27. The van der Waals surface area contributed by atoms with Gasteiger partial charge in [0.05, 0.1) is 10.7 Å². The lowest BCUT2D eigenvalue weighted by Crippen LogP contribution is -2.25. The number of rotatable bonds is 5. The van der Waals surface area contributed by atoms with E-state index in [0.717, 1.165) is 24.0 Å². The average molecular weight is 379 g/mol. The zero-order chi connectivity index (χ0) is 18.2. The van der Waals surface area contributed by atoms with Crippen LogP contribution >= 0.6 is 11.6 Å². The average Bonchev–Trinajstić information content (AvgIpc) is 3.36. The molecule has 1 aliphatic carbocycles. The summed E-state index contributed by atoms with van der Waals surface area (Å²) in [5, 5.41) is 2.91. The molecule has 25 heavy (non-hydrogen) atoms. The number of benzene rings is 2. The molecule has 3 rings (SSSR count). The number of hydrogen-bond donors (Lipinski definition) is 2. The molecule has 2 N–H and O–H groups in total. The summed E-state index contributed by atoms with van der Waals surface area (Å²) in [7, 11) is -3.91. The number of nitrogens with one attached hydrogen (secondary N) is 2. The van der Waals surface area contributed by atoms with Crippen LogP contribution in [0.5, 0.6) is 0 Å². The molecule has 0 aliphatic heterocycles. The Hall–Kier alpha value is -2.05. The molecular weight excluding hydrogens is 360 g/mol. The topological polar surface area (TPSA) is 75.3 Å². The van der Waals surface area contributed by atoms with Crippen molar-refractivity contribution < 1.29 is 13.2 Å². The SMILES string of the molecule is Cc1cccc(NS(=O)(=O)c2cc(C(=O)NC3CC3)ccc2Cl)c1C. The lowest BCUT2D eigenvalue weighted by molar-refractivity contribution is 0.0951. The first-order valence-electron chi connectivity index (χ1n) is 7.97. The van der Waals surface area contributed by atoms with Gasteiger partial charge >= 0.3 is 0 Å². The highest BCUT2D eigenvalue weighted by molar-refractivity contribution is 7.92. The Balaban J connectivity index is 1.93. The summed E-state index contributed by atoms with van der Waals surface area (Å²) in [6, 6.07) is 9.84. The largest absolute Gasteiger partial charge is 0.349 e. The van der Waals surface area contributed by atoms with Gasteiger partial charge in [0, 0.05) is 11.6 Å². The quantitative estimate of drug-likeness (QED) is 0.833. The molecule has 0 heterocycles. The third-order valence-corrected chi connectivity index (χ3v) is 6.09. The molecule has 132 valence electrons. The Labute approximate surface area is 152 Å². The van der Waals surface area contributed by atoms with Gasteiger partial charge in [-0.25, -0.2) is 8.42 Å². The maximum atomic E-state index is 12.8. The van der Waals surface area contributed by atoms with Gasteiger partial charge in [-0.05, 0) is 62.1 Å². The Morgan fingerprint density at radius 3 is 2.56 bits per heavy atom. The molecule has 7 heteroatoms. The normalized spacial score (nSPS) is 14.2. The van der Waals surface area contributed by atoms with Crippen LogP contribution in [0.3, 0.4) is 0 Å². The third-order valence-electron chi connectivity index (χ3n) is 4.24. The van der Waals surface area contributed by atoms with E-state index in [0.29, 0.717) is 5.69 Å². The number of carbonyl (C=O) groups is 1. The monoisotopic (exact) mass is 378 g/mol. The molecule has 1 saturated carbocycles. The number of carbonyl (C=O) groups excluding carboxylic acids is 1. The summed E-state index contributed by atoms with van der Waals surface area (Å²) in [5.74, 6) is -0.289. The summed E-state index contributed by atoms with van der Waals surface area (Å²) in [6.45, 7) is 3.75. The van der Waals surface area contributed by atoms with E-state index >= 15 is 0 Å². The van der Waals surface area contributed by atoms with Gasteiger partial charge in [0.1, 0.15) is 4.90 Å². The standard InChI is InChI=1S/C18H19ClN2O3S/c1-11-4-3-5-16(12(11)2)21-25(23,24)17-10-13(6-9-15(17)19)18(22)20-14-7-8-14/h3-6,9-10,14,21H,7-8H2,1-2H3,(H,20,22). The summed E-state index contributed by atoms with van der Waals surface area (Å²) in [6.07, 6.45) is 1.91. The van der Waals surface area contributed by atoms with Crippen molar-refractivity contribution in [3.8, 4) is 0 Å². The van der Waals surface area contributed by atoms with E-state index in [9.17, 15) is 13.2 Å². The minimum Gasteiger partial charge on any atom is -0.349 e. The predicted molar refractivity (Wildman–Crippen MR) is 98.7 cm³/mol. The molecule has 0 aromatic heterocycles. The minimum atomic E-state index is -3.91. The van der Waals surface area contributed by atoms with E-state index in [1.54, 1.807) is 12.1 Å². The Morgan fingerprint density at radius 1 is 1.16 bits per heavy atom. The zero-order valence-corrected chi connectivity index (χ0v) is 15.5. The van der Waals surface area contributed by atoms with Crippen molar-refractivity contribution in [1.29, 1.82) is 0 Å². The van der Waals surface area contributed by atoms with Crippen LogP contribution in [-0.2, 0) is 10.0 Å². The zero-order valence-electron chi connectivity index (χ0n) is 14.0. The third kappa shape index (κ3) is 3.96. The highest BCUT2D eigenvalue weighted by Gasteiger charge is 2.25.